The summed E-state index contributed by atoms with van der Waals surface area (Å²) in [5, 5.41) is 0. The summed E-state index contributed by atoms with van der Waals surface area (Å²) >= 11 is 3.19. The van der Waals surface area contributed by atoms with Crippen molar-refractivity contribution in [2.24, 2.45) is 17.8 Å². The van der Waals surface area contributed by atoms with Crippen molar-refractivity contribution in [3.05, 3.63) is 130 Å². The van der Waals surface area contributed by atoms with Crippen molar-refractivity contribution < 1.29 is 47.5 Å². The first-order chi connectivity index (χ1) is 31.6. The summed E-state index contributed by atoms with van der Waals surface area (Å²) in [7, 11) is 0. The lowest BCUT2D eigenvalue weighted by Gasteiger charge is -2.48. The highest BCUT2D eigenvalue weighted by Crippen LogP contribution is 2.45. The number of hydrogen-bond donors (Lipinski definition) is 0. The van der Waals surface area contributed by atoms with E-state index in [1.165, 1.54) is 25.0 Å². The van der Waals surface area contributed by atoms with Crippen molar-refractivity contribution in [1.29, 1.82) is 0 Å². The Morgan fingerprint density at radius 2 is 1.15 bits per heavy atom. The summed E-state index contributed by atoms with van der Waals surface area (Å²) in [6.07, 6.45) is -2.16. The maximum Gasteiger partial charge on any atom is 0.338 e. The third kappa shape index (κ3) is 13.5. The maximum atomic E-state index is 13.2. The Morgan fingerprint density at radius 1 is 0.627 bits per heavy atom. The molecule has 0 aromatic heterocycles. The smallest absolute Gasteiger partial charge is 0.338 e. The summed E-state index contributed by atoms with van der Waals surface area (Å²) in [6.45, 7) is 27.0. The first-order valence-corrected chi connectivity index (χ1v) is 25.1. The molecule has 11 atom stereocenters. The molecule has 3 aliphatic heterocycles. The summed E-state index contributed by atoms with van der Waals surface area (Å²) < 4.78 is 42.6. The zero-order valence-electron chi connectivity index (χ0n) is 41.4. The zero-order valence-corrected chi connectivity index (χ0v) is 43.0. The molecule has 0 spiro atoms. The minimum absolute atomic E-state index is 0.0193. The molecular formula is C55H70O10S2. The highest BCUT2D eigenvalue weighted by atomic mass is 32.2. The lowest BCUT2D eigenvalue weighted by Crippen LogP contribution is -2.58. The van der Waals surface area contributed by atoms with Crippen LogP contribution in [0.15, 0.2) is 107 Å². The van der Waals surface area contributed by atoms with E-state index in [0.717, 1.165) is 26.5 Å². The predicted octanol–water partition coefficient (Wildman–Crippen LogP) is 12.0. The normalized spacial score (nSPS) is 27.4. The minimum Gasteiger partial charge on any atom is -0.463 e. The van der Waals surface area contributed by atoms with Gasteiger partial charge in [0.2, 0.25) is 0 Å². The van der Waals surface area contributed by atoms with E-state index in [0.29, 0.717) is 12.2 Å². The SMILES string of the molecule is CC(=O)OCC1O[C@@H](Sc2cc(C(C)(C)C)ccc2C)C(OC(C)=O)[C@@H](C)[C@@H]1C.Cc1ccc(C(C)(C)C)cc1S[C@@H]1OC2COC(c3ccccc3)O[C@H]2[C@H](C)C1OC(=O)c1ccccc1. The van der Waals surface area contributed by atoms with Crippen LogP contribution in [0.5, 0.6) is 0 Å². The average molecular weight is 955 g/mol. The van der Waals surface area contributed by atoms with E-state index in [-0.39, 0.29) is 83.0 Å². The van der Waals surface area contributed by atoms with Gasteiger partial charge in [-0.15, -0.1) is 0 Å². The lowest BCUT2D eigenvalue weighted by atomic mass is 9.84. The molecule has 5 unspecified atom stereocenters. The number of aryl methyl sites for hydroxylation is 2. The molecule has 3 aliphatic rings. The Morgan fingerprint density at radius 3 is 1.67 bits per heavy atom. The van der Waals surface area contributed by atoms with E-state index < -0.39 is 17.8 Å². The maximum absolute atomic E-state index is 13.2. The number of ether oxygens (including phenoxy) is 7. The van der Waals surface area contributed by atoms with Crippen LogP contribution in [-0.4, -0.2) is 72.5 Å². The fourth-order valence-electron chi connectivity index (χ4n) is 8.36. The summed E-state index contributed by atoms with van der Waals surface area (Å²) in [5.74, 6) is -0.966. The number of thioether (sulfide) groups is 2. The molecule has 0 radical (unpaired) electrons. The molecule has 362 valence electrons. The van der Waals surface area contributed by atoms with Crippen LogP contribution in [0.25, 0.3) is 0 Å². The van der Waals surface area contributed by atoms with E-state index in [9.17, 15) is 14.4 Å². The highest BCUT2D eigenvalue weighted by Gasteiger charge is 2.50. The van der Waals surface area contributed by atoms with Crippen LogP contribution in [0.2, 0.25) is 0 Å². The molecule has 0 saturated carbocycles. The van der Waals surface area contributed by atoms with Gasteiger partial charge in [-0.1, -0.05) is 159 Å². The van der Waals surface area contributed by atoms with Gasteiger partial charge in [-0.25, -0.2) is 4.79 Å². The van der Waals surface area contributed by atoms with E-state index in [1.807, 2.05) is 55.5 Å². The molecule has 3 fully saturated rings. The minimum atomic E-state index is -0.513. The first kappa shape index (κ1) is 52.2. The molecular weight excluding hydrogens is 885 g/mol. The number of fused-ring (bicyclic) bond motifs is 1. The molecule has 4 aromatic carbocycles. The van der Waals surface area contributed by atoms with Crippen molar-refractivity contribution in [3.8, 4) is 0 Å². The van der Waals surface area contributed by atoms with Gasteiger partial charge < -0.3 is 33.2 Å². The Labute approximate surface area is 406 Å². The second kappa shape index (κ2) is 22.5. The van der Waals surface area contributed by atoms with E-state index in [2.05, 4.69) is 106 Å². The largest absolute Gasteiger partial charge is 0.463 e. The molecule has 3 saturated heterocycles. The number of carbonyl (C=O) groups is 3. The van der Waals surface area contributed by atoms with Crippen LogP contribution >= 0.6 is 23.5 Å². The Hall–Kier alpha value is -4.17. The molecule has 0 aliphatic carbocycles. The highest BCUT2D eigenvalue weighted by molar-refractivity contribution is 8.00. The van der Waals surface area contributed by atoms with Gasteiger partial charge in [0.15, 0.2) is 6.29 Å². The predicted molar refractivity (Wildman–Crippen MR) is 264 cm³/mol. The molecule has 7 rings (SSSR count). The number of esters is 3. The van der Waals surface area contributed by atoms with E-state index in [1.54, 1.807) is 35.7 Å². The Bertz CT molecular complexity index is 2290. The molecule has 0 N–H and O–H groups in total. The second-order valence-corrected chi connectivity index (χ2v) is 22.4. The quantitative estimate of drug-likeness (QED) is 0.111. The van der Waals surface area contributed by atoms with Crippen molar-refractivity contribution in [1.82, 2.24) is 0 Å². The number of rotatable bonds is 10. The van der Waals surface area contributed by atoms with Crippen LogP contribution in [0, 0.1) is 31.6 Å². The third-order valence-corrected chi connectivity index (χ3v) is 15.5. The fraction of sp³-hybridized carbons (Fsp3) is 0.509. The average Bonchev–Trinajstić information content (AvgIpc) is 3.28. The topological polar surface area (TPSA) is 116 Å². The monoisotopic (exact) mass is 954 g/mol. The molecule has 10 nitrogen and oxygen atoms in total. The van der Waals surface area contributed by atoms with Gasteiger partial charge in [-0.3, -0.25) is 9.59 Å². The van der Waals surface area contributed by atoms with E-state index in [4.69, 9.17) is 33.2 Å². The number of hydrogen-bond acceptors (Lipinski definition) is 12. The van der Waals surface area contributed by atoms with Gasteiger partial charge in [0.1, 0.15) is 35.8 Å². The number of carbonyl (C=O) groups excluding carboxylic acids is 3. The molecule has 0 bridgehead atoms. The van der Waals surface area contributed by atoms with Crippen molar-refractivity contribution in [3.63, 3.8) is 0 Å². The Balaban J connectivity index is 0.000000230. The lowest BCUT2D eigenvalue weighted by molar-refractivity contribution is -0.306. The molecule has 3 heterocycles. The zero-order chi connectivity index (χ0) is 48.8. The van der Waals surface area contributed by atoms with Crippen LogP contribution in [0.3, 0.4) is 0 Å². The van der Waals surface area contributed by atoms with Crippen LogP contribution in [-0.2, 0) is 53.6 Å². The van der Waals surface area contributed by atoms with Crippen molar-refractivity contribution in [2.75, 3.05) is 13.2 Å². The third-order valence-electron chi connectivity index (χ3n) is 12.9. The first-order valence-electron chi connectivity index (χ1n) is 23.4. The van der Waals surface area contributed by atoms with Crippen LogP contribution in [0.4, 0.5) is 0 Å². The number of benzene rings is 4. The fourth-order valence-corrected chi connectivity index (χ4v) is 11.0. The van der Waals surface area contributed by atoms with Gasteiger partial charge in [-0.2, -0.15) is 0 Å². The van der Waals surface area contributed by atoms with Gasteiger partial charge >= 0.3 is 17.9 Å². The van der Waals surface area contributed by atoms with Crippen LogP contribution in [0.1, 0.15) is 121 Å². The summed E-state index contributed by atoms with van der Waals surface area (Å²) in [5.41, 5.74) is 5.55. The second-order valence-electron chi connectivity index (χ2n) is 20.1. The molecule has 0 amide bonds. The Kier molecular flexibility index (Phi) is 17.5. The standard InChI is InChI=1S/C32H36O5S.C23H34O5S/c1-20-16-17-24(32(3,4)5)18-26(20)38-31-28(36-29(33)22-12-8-6-9-13-22)21(2)27-25(35-31)19-34-30(37-27)23-14-10-7-11-15-23;1-13-9-10-18(23(6,7)8)11-20(13)29-22-21(27-17(5)25)15(3)14(2)19(28-22)12-26-16(4)24/h6-18,21,25,27-28,30-31H,19H2,1-5H3;9-11,14-15,19,21-22H,12H2,1-8H3/t21-,25?,27-,28?,30?,31-;14-,15-,19?,21?,22-/m00/s1. The van der Waals surface area contributed by atoms with Crippen LogP contribution < -0.4 is 0 Å². The van der Waals surface area contributed by atoms with Crippen molar-refractivity contribution in [2.45, 2.75) is 158 Å². The molecule has 67 heavy (non-hydrogen) atoms. The van der Waals surface area contributed by atoms with Gasteiger partial charge in [0.05, 0.1) is 24.4 Å². The summed E-state index contributed by atoms with van der Waals surface area (Å²) in [4.78, 5) is 38.5. The molecule has 4 aromatic rings. The van der Waals surface area contributed by atoms with Gasteiger partial charge in [-0.05, 0) is 77.1 Å². The van der Waals surface area contributed by atoms with Crippen molar-refractivity contribution >= 4 is 41.4 Å². The summed E-state index contributed by atoms with van der Waals surface area (Å²) in [6, 6.07) is 32.0. The van der Waals surface area contributed by atoms with E-state index >= 15 is 0 Å². The van der Waals surface area contributed by atoms with Gasteiger partial charge in [0.25, 0.3) is 0 Å². The van der Waals surface area contributed by atoms with Gasteiger partial charge in [0, 0.05) is 41.0 Å². The molecule has 12 heteroatoms.